The third kappa shape index (κ3) is 7.39. The molecule has 4 nitrogen and oxygen atoms in total. The van der Waals surface area contributed by atoms with Gasteiger partial charge in [-0.05, 0) is 83.6 Å². The topological polar surface area (TPSA) is 53.4 Å². The number of aliphatic hydroxyl groups is 1. The predicted molar refractivity (Wildman–Crippen MR) is 201 cm³/mol. The van der Waals surface area contributed by atoms with Crippen LogP contribution in [0.25, 0.3) is 43.9 Å². The number of para-hydroxylation sites is 1. The minimum atomic E-state index is 0. The van der Waals surface area contributed by atoms with E-state index in [4.69, 9.17) is 4.98 Å². The van der Waals surface area contributed by atoms with E-state index in [9.17, 15) is 9.90 Å². The maximum atomic E-state index is 11.7. The zero-order valence-corrected chi connectivity index (χ0v) is 31.0. The van der Waals surface area contributed by atoms with Gasteiger partial charge in [0.2, 0.25) is 0 Å². The fourth-order valence-corrected chi connectivity index (χ4v) is 6.73. The van der Waals surface area contributed by atoms with Gasteiger partial charge in [0.05, 0.1) is 5.76 Å². The number of rotatable bonds is 9. The number of carbonyl (C=O) groups is 1. The van der Waals surface area contributed by atoms with Crippen molar-refractivity contribution in [2.75, 3.05) is 4.90 Å². The van der Waals surface area contributed by atoms with Crippen molar-refractivity contribution in [2.45, 2.75) is 53.4 Å². The second-order valence-corrected chi connectivity index (χ2v) is 12.4. The van der Waals surface area contributed by atoms with E-state index in [1.54, 1.807) is 0 Å². The molecule has 0 unspecified atom stereocenters. The summed E-state index contributed by atoms with van der Waals surface area (Å²) in [7, 11) is 0. The number of hydrogen-bond donors (Lipinski definition) is 1. The molecule has 0 amide bonds. The number of nitrogens with zero attached hydrogens (tertiary/aromatic N) is 2. The van der Waals surface area contributed by atoms with Crippen molar-refractivity contribution < 1.29 is 30.0 Å². The number of aromatic nitrogens is 1. The normalized spacial score (nSPS) is 12.0. The van der Waals surface area contributed by atoms with Crippen LogP contribution < -0.4 is 4.90 Å². The number of fused-ring (bicyclic) bond motifs is 3. The Bertz CT molecular complexity index is 2070. The Morgan fingerprint density at radius 1 is 0.735 bits per heavy atom. The molecule has 0 spiro atoms. The number of pyridine rings is 1. The van der Waals surface area contributed by atoms with Crippen LogP contribution in [-0.2, 0) is 24.9 Å². The third-order valence-electron chi connectivity index (χ3n) is 9.53. The molecule has 1 aromatic heterocycles. The van der Waals surface area contributed by atoms with Gasteiger partial charge >= 0.3 is 0 Å². The molecule has 0 saturated heterocycles. The number of aliphatic hydroxyl groups excluding tert-OH is 1. The van der Waals surface area contributed by atoms with Crippen molar-refractivity contribution in [2.24, 2.45) is 11.8 Å². The van der Waals surface area contributed by atoms with Crippen LogP contribution in [0.3, 0.4) is 0 Å². The standard InChI is InChI=1S/C31H19N2.C13H24O2.Ir/c1-3-9-21(10-4-1)25-17-24-15-16-32-31-27-18-22-11-7-8-12-23(22)19-28(27)33(29(20-25)30(24)31)26-13-5-2-6-14-26;1-5-10(6-2)12(14)9-13(15)11(7-3)8-4;/h1-17,19-20H;9-11,14H,5-8H2,1-4H3;/q-1;;/b;12-9-;. The molecule has 1 aliphatic rings. The maximum absolute atomic E-state index is 11.7. The van der Waals surface area contributed by atoms with Crippen molar-refractivity contribution in [1.29, 1.82) is 0 Å². The monoisotopic (exact) mass is 824 g/mol. The summed E-state index contributed by atoms with van der Waals surface area (Å²) in [5.74, 6) is 0.547. The van der Waals surface area contributed by atoms with Gasteiger partial charge < -0.3 is 10.0 Å². The minimum Gasteiger partial charge on any atom is -0.512 e. The molecule has 1 radical (unpaired) electrons. The molecule has 251 valence electrons. The molecule has 49 heavy (non-hydrogen) atoms. The molecule has 7 rings (SSSR count). The van der Waals surface area contributed by atoms with E-state index >= 15 is 0 Å². The van der Waals surface area contributed by atoms with Gasteiger partial charge in [-0.25, -0.2) is 0 Å². The van der Waals surface area contributed by atoms with Crippen LogP contribution in [0, 0.1) is 17.9 Å². The van der Waals surface area contributed by atoms with E-state index in [-0.39, 0.29) is 43.5 Å². The first-order chi connectivity index (χ1) is 23.5. The fraction of sp³-hybridized carbons (Fsp3) is 0.227. The van der Waals surface area contributed by atoms with Gasteiger partial charge in [0.25, 0.3) is 0 Å². The van der Waals surface area contributed by atoms with Crippen molar-refractivity contribution in [3.8, 4) is 22.4 Å². The molecule has 0 saturated carbocycles. The van der Waals surface area contributed by atoms with Crippen molar-refractivity contribution in [3.63, 3.8) is 0 Å². The van der Waals surface area contributed by atoms with Crippen LogP contribution in [0.5, 0.6) is 0 Å². The summed E-state index contributed by atoms with van der Waals surface area (Å²) in [6, 6.07) is 42.2. The largest absolute Gasteiger partial charge is 0.512 e. The first kappa shape index (κ1) is 35.7. The van der Waals surface area contributed by atoms with E-state index < -0.39 is 0 Å². The van der Waals surface area contributed by atoms with Gasteiger partial charge in [-0.1, -0.05) is 111 Å². The molecule has 1 N–H and O–H groups in total. The number of anilines is 3. The summed E-state index contributed by atoms with van der Waals surface area (Å²) in [6.07, 6.45) is 6.82. The number of hydrogen-bond acceptors (Lipinski definition) is 4. The molecule has 6 aromatic rings. The number of benzene rings is 5. The van der Waals surface area contributed by atoms with E-state index in [1.807, 2.05) is 33.9 Å². The Labute approximate surface area is 303 Å². The molecule has 0 aliphatic carbocycles. The predicted octanol–water partition coefficient (Wildman–Crippen LogP) is 12.2. The molecule has 0 atom stereocenters. The Morgan fingerprint density at radius 2 is 1.37 bits per heavy atom. The molecular formula is C44H43IrN2O2-. The molecule has 5 heteroatoms. The van der Waals surface area contributed by atoms with Crippen molar-refractivity contribution in [1.82, 2.24) is 4.98 Å². The van der Waals surface area contributed by atoms with Gasteiger partial charge in [0.15, 0.2) is 5.78 Å². The molecule has 0 fully saturated rings. The summed E-state index contributed by atoms with van der Waals surface area (Å²) in [5.41, 5.74) is 7.83. The number of allylic oxidation sites excluding steroid dienone is 2. The quantitative estimate of drug-likeness (QED) is 0.0895. The van der Waals surface area contributed by atoms with Crippen molar-refractivity contribution >= 4 is 44.4 Å². The zero-order valence-electron chi connectivity index (χ0n) is 28.6. The van der Waals surface area contributed by atoms with E-state index in [0.717, 1.165) is 59.4 Å². The first-order valence-corrected chi connectivity index (χ1v) is 17.2. The SMILES string of the molecule is CCC(CC)C(=O)/C=C(\O)C(CC)CC.[Ir].[c-]1c2c(cc3ccccc13)N(c1ccccc1)c1cc(-c3ccccc3)cc3ccnc-2c13. The second-order valence-electron chi connectivity index (χ2n) is 12.4. The van der Waals surface area contributed by atoms with E-state index in [1.165, 1.54) is 33.4 Å². The Hall–Kier alpha value is -4.57. The van der Waals surface area contributed by atoms with Gasteiger partial charge in [0, 0.05) is 61.3 Å². The Kier molecular flexibility index (Phi) is 11.8. The molecule has 5 aromatic carbocycles. The fourth-order valence-electron chi connectivity index (χ4n) is 6.73. The first-order valence-electron chi connectivity index (χ1n) is 17.2. The molecule has 1 aliphatic heterocycles. The Balaban J connectivity index is 0.000000252. The van der Waals surface area contributed by atoms with Crippen molar-refractivity contribution in [3.05, 3.63) is 133 Å². The van der Waals surface area contributed by atoms with Gasteiger partial charge in [-0.2, -0.15) is 0 Å². The number of carbonyl (C=O) groups excluding carboxylic acids is 1. The summed E-state index contributed by atoms with van der Waals surface area (Å²) in [5, 5.41) is 14.4. The minimum absolute atomic E-state index is 0. The van der Waals surface area contributed by atoms with Crippen LogP contribution in [0.4, 0.5) is 17.1 Å². The van der Waals surface area contributed by atoms with Crippen LogP contribution >= 0.6 is 0 Å². The van der Waals surface area contributed by atoms with Crippen LogP contribution in [0.2, 0.25) is 0 Å². The van der Waals surface area contributed by atoms with Gasteiger partial charge in [-0.3, -0.25) is 9.78 Å². The summed E-state index contributed by atoms with van der Waals surface area (Å²) in [4.78, 5) is 18.9. The van der Waals surface area contributed by atoms with E-state index in [2.05, 4.69) is 120 Å². The third-order valence-corrected chi connectivity index (χ3v) is 9.53. The van der Waals surface area contributed by atoms with E-state index in [0.29, 0.717) is 0 Å². The maximum Gasteiger partial charge on any atom is 0.162 e. The smallest absolute Gasteiger partial charge is 0.162 e. The average Bonchev–Trinajstić information content (AvgIpc) is 3.13. The van der Waals surface area contributed by atoms with Crippen LogP contribution in [0.15, 0.2) is 127 Å². The average molecular weight is 824 g/mol. The van der Waals surface area contributed by atoms with Gasteiger partial charge in [0.1, 0.15) is 0 Å². The summed E-state index contributed by atoms with van der Waals surface area (Å²) in [6.45, 7) is 8.07. The zero-order chi connectivity index (χ0) is 33.6. The molecular weight excluding hydrogens is 781 g/mol. The molecule has 0 bridgehead atoms. The van der Waals surface area contributed by atoms with Crippen LogP contribution in [-0.4, -0.2) is 15.9 Å². The Morgan fingerprint density at radius 3 is 2.04 bits per heavy atom. The molecule has 2 heterocycles. The summed E-state index contributed by atoms with van der Waals surface area (Å²) >= 11 is 0. The number of ketones is 1. The second kappa shape index (κ2) is 16.2. The summed E-state index contributed by atoms with van der Waals surface area (Å²) < 4.78 is 0. The van der Waals surface area contributed by atoms with Crippen LogP contribution in [0.1, 0.15) is 53.4 Å². The van der Waals surface area contributed by atoms with Gasteiger partial charge in [-0.15, -0.1) is 17.5 Å².